The highest BCUT2D eigenvalue weighted by molar-refractivity contribution is 5.71. The van der Waals surface area contributed by atoms with Crippen molar-refractivity contribution < 1.29 is 38.1 Å². The van der Waals surface area contributed by atoms with Crippen LogP contribution in [0.25, 0.3) is 0 Å². The van der Waals surface area contributed by atoms with E-state index in [1.165, 1.54) is 77.0 Å². The van der Waals surface area contributed by atoms with Crippen LogP contribution < -0.4 is 0 Å². The summed E-state index contributed by atoms with van der Waals surface area (Å²) in [4.78, 5) is 46.8. The van der Waals surface area contributed by atoms with Crippen molar-refractivity contribution >= 4 is 23.9 Å². The average Bonchev–Trinajstić information content (AvgIpc) is 3.14. The largest absolute Gasteiger partial charge is 0.466 e. The summed E-state index contributed by atoms with van der Waals surface area (Å²) >= 11 is 0. The maximum atomic E-state index is 11.8. The summed E-state index contributed by atoms with van der Waals surface area (Å²) < 4.78 is 21.2. The molecule has 0 aromatic carbocycles. The van der Waals surface area contributed by atoms with Crippen molar-refractivity contribution in [3.63, 3.8) is 0 Å². The molecule has 0 aromatic rings. The van der Waals surface area contributed by atoms with Gasteiger partial charge in [-0.1, -0.05) is 144 Å². The molecule has 0 fully saturated rings. The summed E-state index contributed by atoms with van der Waals surface area (Å²) in [5.74, 6) is 0.400. The predicted molar refractivity (Wildman–Crippen MR) is 214 cm³/mol. The normalized spacial score (nSPS) is 12.0. The van der Waals surface area contributed by atoms with Gasteiger partial charge in [-0.3, -0.25) is 19.2 Å². The number of esters is 4. The Hall–Kier alpha value is -2.12. The van der Waals surface area contributed by atoms with Crippen LogP contribution in [0.2, 0.25) is 0 Å². The van der Waals surface area contributed by atoms with E-state index in [0.29, 0.717) is 89.6 Å². The lowest BCUT2D eigenvalue weighted by Crippen LogP contribution is -2.15. The van der Waals surface area contributed by atoms with Gasteiger partial charge in [-0.25, -0.2) is 0 Å². The van der Waals surface area contributed by atoms with E-state index in [0.717, 1.165) is 51.4 Å². The Morgan fingerprint density at radius 1 is 0.346 bits per heavy atom. The number of ether oxygens (including phenoxy) is 4. The van der Waals surface area contributed by atoms with Crippen LogP contribution in [0.1, 0.15) is 221 Å². The van der Waals surface area contributed by atoms with E-state index in [1.54, 1.807) is 0 Å². The third-order valence-corrected chi connectivity index (χ3v) is 9.59. The minimum atomic E-state index is -0.140. The molecule has 0 saturated carbocycles. The van der Waals surface area contributed by atoms with Crippen molar-refractivity contribution in [2.24, 2.45) is 11.8 Å². The standard InChI is InChI=1S/2C22H42O4/c1-5-9-13-19(7-3)17-25-21(23)15-11-12-16-22(24)26-18-20(8-4)14-10-6-2;1-3-5-7-9-11-15-19-25-21(23)17-13-14-18-22(24)26-20-16-12-10-8-6-4-2/h19-20H,5-18H2,1-4H3;3-20H2,1-2H3. The molecule has 0 aliphatic rings. The lowest BCUT2D eigenvalue weighted by molar-refractivity contribution is -0.147. The molecule has 8 heteroatoms. The van der Waals surface area contributed by atoms with Crippen molar-refractivity contribution in [1.82, 2.24) is 0 Å². The van der Waals surface area contributed by atoms with Crippen LogP contribution in [0.3, 0.4) is 0 Å². The Kier molecular flexibility index (Phi) is 41.6. The summed E-state index contributed by atoms with van der Waals surface area (Å²) in [5, 5.41) is 0. The van der Waals surface area contributed by atoms with Crippen molar-refractivity contribution in [1.29, 1.82) is 0 Å². The summed E-state index contributed by atoms with van der Waals surface area (Å²) in [6.07, 6.45) is 27.7. The second kappa shape index (κ2) is 41.6. The maximum Gasteiger partial charge on any atom is 0.305 e. The topological polar surface area (TPSA) is 105 Å². The number of unbranched alkanes of at least 4 members (excludes halogenated alkanes) is 14. The van der Waals surface area contributed by atoms with Gasteiger partial charge in [0.1, 0.15) is 0 Å². The zero-order valence-electron chi connectivity index (χ0n) is 35.0. The Balaban J connectivity index is 0. The minimum Gasteiger partial charge on any atom is -0.466 e. The van der Waals surface area contributed by atoms with Crippen LogP contribution in [-0.4, -0.2) is 50.3 Å². The highest BCUT2D eigenvalue weighted by atomic mass is 16.5. The first-order valence-electron chi connectivity index (χ1n) is 21.9. The smallest absolute Gasteiger partial charge is 0.305 e. The molecule has 0 amide bonds. The van der Waals surface area contributed by atoms with Crippen molar-refractivity contribution in [3.8, 4) is 0 Å². The average molecular weight is 741 g/mol. The molecular formula is C44H84O8. The molecule has 0 aliphatic carbocycles. The number of hydrogen-bond donors (Lipinski definition) is 0. The SMILES string of the molecule is CCCCC(CC)COC(=O)CCCCC(=O)OCC(CC)CCCC.CCCCCCCCOC(=O)CCCCC(=O)OCCCCCCCC. The molecule has 0 spiro atoms. The fourth-order valence-corrected chi connectivity index (χ4v) is 5.72. The summed E-state index contributed by atoms with van der Waals surface area (Å²) in [6.45, 7) is 15.2. The fraction of sp³-hybridized carbons (Fsp3) is 0.909. The van der Waals surface area contributed by atoms with E-state index in [9.17, 15) is 19.2 Å². The Bertz CT molecular complexity index is 748. The lowest BCUT2D eigenvalue weighted by atomic mass is 10.0. The quantitative estimate of drug-likeness (QED) is 0.0355. The van der Waals surface area contributed by atoms with Crippen molar-refractivity contribution in [2.75, 3.05) is 26.4 Å². The van der Waals surface area contributed by atoms with Gasteiger partial charge >= 0.3 is 23.9 Å². The van der Waals surface area contributed by atoms with Gasteiger partial charge in [0, 0.05) is 25.7 Å². The first kappa shape index (κ1) is 52.0. The lowest BCUT2D eigenvalue weighted by Gasteiger charge is -2.15. The van der Waals surface area contributed by atoms with Crippen LogP contribution in [0.5, 0.6) is 0 Å². The van der Waals surface area contributed by atoms with Crippen LogP contribution in [-0.2, 0) is 38.1 Å². The second-order valence-electron chi connectivity index (χ2n) is 14.6. The van der Waals surface area contributed by atoms with Crippen LogP contribution in [0.4, 0.5) is 0 Å². The Morgan fingerprint density at radius 2 is 0.635 bits per heavy atom. The van der Waals surface area contributed by atoms with Gasteiger partial charge in [-0.15, -0.1) is 0 Å². The van der Waals surface area contributed by atoms with Gasteiger partial charge in [-0.2, -0.15) is 0 Å². The Labute approximate surface area is 321 Å². The highest BCUT2D eigenvalue weighted by Crippen LogP contribution is 2.15. The van der Waals surface area contributed by atoms with E-state index in [1.807, 2.05) is 0 Å². The monoisotopic (exact) mass is 741 g/mol. The second-order valence-corrected chi connectivity index (χ2v) is 14.6. The minimum absolute atomic E-state index is 0.140. The summed E-state index contributed by atoms with van der Waals surface area (Å²) in [5.41, 5.74) is 0. The molecule has 0 saturated heterocycles. The van der Waals surface area contributed by atoms with E-state index < -0.39 is 0 Å². The molecule has 0 N–H and O–H groups in total. The van der Waals surface area contributed by atoms with Crippen LogP contribution >= 0.6 is 0 Å². The van der Waals surface area contributed by atoms with Crippen LogP contribution in [0, 0.1) is 11.8 Å². The van der Waals surface area contributed by atoms with Crippen molar-refractivity contribution in [2.45, 2.75) is 221 Å². The summed E-state index contributed by atoms with van der Waals surface area (Å²) in [6, 6.07) is 0. The molecular weight excluding hydrogens is 656 g/mol. The highest BCUT2D eigenvalue weighted by Gasteiger charge is 2.12. The molecule has 52 heavy (non-hydrogen) atoms. The number of carbonyl (C=O) groups is 4. The molecule has 0 aliphatic heterocycles. The van der Waals surface area contributed by atoms with Gasteiger partial charge in [0.05, 0.1) is 26.4 Å². The molecule has 0 bridgehead atoms. The van der Waals surface area contributed by atoms with E-state index >= 15 is 0 Å². The van der Waals surface area contributed by atoms with Gasteiger partial charge in [0.2, 0.25) is 0 Å². The third-order valence-electron chi connectivity index (χ3n) is 9.59. The Morgan fingerprint density at radius 3 is 0.942 bits per heavy atom. The third kappa shape index (κ3) is 39.1. The van der Waals surface area contributed by atoms with Gasteiger partial charge in [-0.05, 0) is 63.2 Å². The molecule has 0 radical (unpaired) electrons. The van der Waals surface area contributed by atoms with Gasteiger partial charge < -0.3 is 18.9 Å². The molecule has 2 unspecified atom stereocenters. The number of rotatable bonds is 36. The van der Waals surface area contributed by atoms with E-state index in [4.69, 9.17) is 18.9 Å². The fourth-order valence-electron chi connectivity index (χ4n) is 5.72. The zero-order valence-corrected chi connectivity index (χ0v) is 35.0. The first-order valence-corrected chi connectivity index (χ1v) is 21.9. The van der Waals surface area contributed by atoms with Gasteiger partial charge in [0.25, 0.3) is 0 Å². The summed E-state index contributed by atoms with van der Waals surface area (Å²) in [7, 11) is 0. The number of carbonyl (C=O) groups excluding carboxylic acids is 4. The molecule has 308 valence electrons. The molecule has 0 heterocycles. The van der Waals surface area contributed by atoms with Crippen molar-refractivity contribution in [3.05, 3.63) is 0 Å². The molecule has 0 aromatic heterocycles. The molecule has 2 atom stereocenters. The zero-order chi connectivity index (χ0) is 38.9. The van der Waals surface area contributed by atoms with E-state index in [-0.39, 0.29) is 23.9 Å². The maximum absolute atomic E-state index is 11.8. The predicted octanol–water partition coefficient (Wildman–Crippen LogP) is 12.4. The molecule has 8 nitrogen and oxygen atoms in total. The van der Waals surface area contributed by atoms with E-state index in [2.05, 4.69) is 41.5 Å². The first-order chi connectivity index (χ1) is 25.3. The number of hydrogen-bond acceptors (Lipinski definition) is 8. The molecule has 0 rings (SSSR count). The van der Waals surface area contributed by atoms with Gasteiger partial charge in [0.15, 0.2) is 0 Å². The van der Waals surface area contributed by atoms with Crippen LogP contribution in [0.15, 0.2) is 0 Å².